The molecule has 1 unspecified atom stereocenters. The Morgan fingerprint density at radius 1 is 0.941 bits per heavy atom. The molecule has 1 atom stereocenters. The second kappa shape index (κ2) is 8.39. The number of amides is 4. The lowest BCUT2D eigenvalue weighted by atomic mass is 9.84. The third-order valence-electron chi connectivity index (χ3n) is 6.93. The monoisotopic (exact) mass is 467 g/mol. The average molecular weight is 467 g/mol. The summed E-state index contributed by atoms with van der Waals surface area (Å²) < 4.78 is 29.1. The number of alkyl halides is 1. The lowest BCUT2D eigenvalue weighted by molar-refractivity contribution is -0.136. The molecule has 9 heteroatoms. The molecular weight excluding hydrogens is 444 g/mol. The highest BCUT2D eigenvalue weighted by Crippen LogP contribution is 2.39. The van der Waals surface area contributed by atoms with Crippen LogP contribution in [-0.2, 0) is 21.8 Å². The fourth-order valence-electron chi connectivity index (χ4n) is 4.95. The lowest BCUT2D eigenvalue weighted by Gasteiger charge is -2.37. The normalized spacial score (nSPS) is 22.6. The molecule has 7 nitrogen and oxygen atoms in total. The molecule has 0 saturated carbocycles. The van der Waals surface area contributed by atoms with Gasteiger partial charge in [-0.15, -0.1) is 0 Å². The molecule has 1 N–H and O–H groups in total. The van der Waals surface area contributed by atoms with Gasteiger partial charge in [0.2, 0.25) is 11.8 Å². The number of rotatable bonds is 4. The van der Waals surface area contributed by atoms with Gasteiger partial charge in [-0.25, -0.2) is 8.78 Å². The van der Waals surface area contributed by atoms with Crippen LogP contribution >= 0.6 is 0 Å². The van der Waals surface area contributed by atoms with Crippen molar-refractivity contribution >= 4 is 23.6 Å². The van der Waals surface area contributed by atoms with Gasteiger partial charge in [0.05, 0.1) is 11.1 Å². The van der Waals surface area contributed by atoms with Crippen molar-refractivity contribution < 1.29 is 28.0 Å². The molecule has 0 radical (unpaired) electrons. The number of carbonyl (C=O) groups excluding carboxylic acids is 4. The summed E-state index contributed by atoms with van der Waals surface area (Å²) >= 11 is 0. The third-order valence-corrected chi connectivity index (χ3v) is 6.93. The van der Waals surface area contributed by atoms with Crippen LogP contribution in [0.15, 0.2) is 42.5 Å². The molecule has 176 valence electrons. The van der Waals surface area contributed by atoms with Crippen LogP contribution < -0.4 is 5.32 Å². The van der Waals surface area contributed by atoms with Gasteiger partial charge in [-0.05, 0) is 54.7 Å². The summed E-state index contributed by atoms with van der Waals surface area (Å²) in [4.78, 5) is 52.5. The summed E-state index contributed by atoms with van der Waals surface area (Å²) in [5.41, 5.74) is -0.157. The Morgan fingerprint density at radius 2 is 1.62 bits per heavy atom. The summed E-state index contributed by atoms with van der Waals surface area (Å²) in [6, 6.07) is 9.59. The van der Waals surface area contributed by atoms with Gasteiger partial charge in [-0.3, -0.25) is 34.3 Å². The summed E-state index contributed by atoms with van der Waals surface area (Å²) in [5, 5.41) is 2.16. The molecule has 0 bridgehead atoms. The van der Waals surface area contributed by atoms with E-state index in [0.29, 0.717) is 25.2 Å². The molecule has 0 spiro atoms. The number of likely N-dealkylation sites (tertiary alicyclic amines) is 1. The summed E-state index contributed by atoms with van der Waals surface area (Å²) in [6.07, 6.45) is 0.537. The van der Waals surface area contributed by atoms with Crippen LogP contribution in [0.2, 0.25) is 0 Å². The van der Waals surface area contributed by atoms with E-state index in [9.17, 15) is 23.6 Å². The van der Waals surface area contributed by atoms with Gasteiger partial charge in [0.25, 0.3) is 11.8 Å². The van der Waals surface area contributed by atoms with Gasteiger partial charge >= 0.3 is 0 Å². The van der Waals surface area contributed by atoms with E-state index in [1.54, 1.807) is 12.1 Å². The maximum Gasteiger partial charge on any atom is 0.262 e. The Morgan fingerprint density at radius 3 is 2.29 bits per heavy atom. The Labute approximate surface area is 194 Å². The van der Waals surface area contributed by atoms with Crippen LogP contribution in [0, 0.1) is 5.82 Å². The molecule has 3 aliphatic heterocycles. The van der Waals surface area contributed by atoms with Crippen molar-refractivity contribution in [2.24, 2.45) is 0 Å². The van der Waals surface area contributed by atoms with Crippen molar-refractivity contribution in [1.29, 1.82) is 0 Å². The van der Waals surface area contributed by atoms with E-state index >= 15 is 4.39 Å². The molecule has 2 fully saturated rings. The van der Waals surface area contributed by atoms with Crippen LogP contribution in [0.3, 0.4) is 0 Å². The van der Waals surface area contributed by atoms with Crippen LogP contribution in [-0.4, -0.2) is 52.6 Å². The Bertz CT molecular complexity index is 1190. The maximum atomic E-state index is 15.9. The fourth-order valence-corrected chi connectivity index (χ4v) is 4.95. The van der Waals surface area contributed by atoms with Gasteiger partial charge in [0.15, 0.2) is 0 Å². The second-order valence-corrected chi connectivity index (χ2v) is 9.08. The number of piperidine rings is 2. The molecule has 3 heterocycles. The molecule has 4 amide bonds. The van der Waals surface area contributed by atoms with Gasteiger partial charge < -0.3 is 0 Å². The molecule has 34 heavy (non-hydrogen) atoms. The highest BCUT2D eigenvalue weighted by molar-refractivity contribution is 6.23. The highest BCUT2D eigenvalue weighted by Gasteiger charge is 2.46. The third kappa shape index (κ3) is 3.90. The maximum absolute atomic E-state index is 15.9. The number of hydrogen-bond donors (Lipinski definition) is 1. The van der Waals surface area contributed by atoms with Crippen molar-refractivity contribution in [1.82, 2.24) is 15.1 Å². The zero-order valence-electron chi connectivity index (χ0n) is 18.4. The lowest BCUT2D eigenvalue weighted by Crippen LogP contribution is -2.54. The minimum absolute atomic E-state index is 0.0388. The number of imide groups is 2. The van der Waals surface area contributed by atoms with E-state index in [2.05, 4.69) is 10.2 Å². The van der Waals surface area contributed by atoms with Crippen molar-refractivity contribution in [2.75, 3.05) is 13.1 Å². The minimum Gasteiger partial charge on any atom is -0.299 e. The van der Waals surface area contributed by atoms with Crippen molar-refractivity contribution in [2.45, 2.75) is 43.9 Å². The minimum atomic E-state index is -1.65. The molecule has 2 saturated heterocycles. The highest BCUT2D eigenvalue weighted by atomic mass is 19.1. The summed E-state index contributed by atoms with van der Waals surface area (Å²) in [7, 11) is 0. The molecule has 5 rings (SSSR count). The number of halogens is 2. The first-order chi connectivity index (χ1) is 16.2. The number of carbonyl (C=O) groups is 4. The topological polar surface area (TPSA) is 86.8 Å². The first-order valence-electron chi connectivity index (χ1n) is 11.3. The summed E-state index contributed by atoms with van der Waals surface area (Å²) in [5.74, 6) is -2.67. The van der Waals surface area contributed by atoms with E-state index in [1.165, 1.54) is 30.3 Å². The van der Waals surface area contributed by atoms with Crippen molar-refractivity contribution in [3.63, 3.8) is 0 Å². The van der Waals surface area contributed by atoms with E-state index in [1.807, 2.05) is 0 Å². The van der Waals surface area contributed by atoms with E-state index in [0.717, 1.165) is 10.5 Å². The SMILES string of the molecule is O=C1CCC(N2C(=O)c3ccc(C4(F)CCN(Cc5ccc(F)cc5)CC4)cc3C2=O)C(=O)N1. The number of benzene rings is 2. The van der Waals surface area contributed by atoms with Crippen LogP contribution in [0.1, 0.15) is 57.5 Å². The second-order valence-electron chi connectivity index (χ2n) is 9.08. The zero-order valence-corrected chi connectivity index (χ0v) is 18.4. The van der Waals surface area contributed by atoms with Crippen molar-refractivity contribution in [3.8, 4) is 0 Å². The van der Waals surface area contributed by atoms with Crippen molar-refractivity contribution in [3.05, 3.63) is 70.5 Å². The largest absolute Gasteiger partial charge is 0.299 e. The van der Waals surface area contributed by atoms with E-state index < -0.39 is 35.3 Å². The molecule has 2 aromatic carbocycles. The van der Waals surface area contributed by atoms with Gasteiger partial charge in [0, 0.05) is 26.1 Å². The standard InChI is InChI=1S/C25H23F2N3O4/c26-17-4-1-15(2-5-17)14-29-11-9-25(27,10-12-29)16-3-6-18-19(13-16)24(34)30(23(18)33)20-7-8-21(31)28-22(20)32/h1-6,13,20H,7-12,14H2,(H,28,31,32). The predicted octanol–water partition coefficient (Wildman–Crippen LogP) is 2.69. The molecule has 3 aliphatic rings. The van der Waals surface area contributed by atoms with E-state index in [4.69, 9.17) is 0 Å². The van der Waals surface area contributed by atoms with Crippen LogP contribution in [0.4, 0.5) is 8.78 Å². The number of nitrogens with zero attached hydrogens (tertiary/aromatic N) is 2. The van der Waals surface area contributed by atoms with Gasteiger partial charge in [-0.2, -0.15) is 0 Å². The zero-order chi connectivity index (χ0) is 24.0. The van der Waals surface area contributed by atoms with Crippen LogP contribution in [0.25, 0.3) is 0 Å². The van der Waals surface area contributed by atoms with E-state index in [-0.39, 0.29) is 42.6 Å². The number of nitrogens with one attached hydrogen (secondary N) is 1. The molecule has 0 aliphatic carbocycles. The fraction of sp³-hybridized carbons (Fsp3) is 0.360. The predicted molar refractivity (Wildman–Crippen MR) is 117 cm³/mol. The average Bonchev–Trinajstić information content (AvgIpc) is 3.07. The first-order valence-corrected chi connectivity index (χ1v) is 11.3. The Kier molecular flexibility index (Phi) is 5.51. The number of hydrogen-bond acceptors (Lipinski definition) is 5. The molecule has 2 aromatic rings. The summed E-state index contributed by atoms with van der Waals surface area (Å²) in [6.45, 7) is 1.56. The van der Waals surface area contributed by atoms with Gasteiger partial charge in [-0.1, -0.05) is 18.2 Å². The quantitative estimate of drug-likeness (QED) is 0.699. The van der Waals surface area contributed by atoms with Crippen LogP contribution in [0.5, 0.6) is 0 Å². The Hall–Kier alpha value is -3.46. The first kappa shape index (κ1) is 22.3. The smallest absolute Gasteiger partial charge is 0.262 e. The Balaban J connectivity index is 1.31. The van der Waals surface area contributed by atoms with Gasteiger partial charge in [0.1, 0.15) is 17.5 Å². The molecular formula is C25H23F2N3O4. The number of fused-ring (bicyclic) bond motifs is 1. The molecule has 0 aromatic heterocycles.